The van der Waals surface area contributed by atoms with Crippen LogP contribution in [0.3, 0.4) is 0 Å². The summed E-state index contributed by atoms with van der Waals surface area (Å²) in [5.74, 6) is 3.54. The van der Waals surface area contributed by atoms with Crippen LogP contribution in [-0.2, 0) is 6.54 Å². The zero-order chi connectivity index (χ0) is 38.4. The molecule has 53 heavy (non-hydrogen) atoms. The number of carbonyl (C=O) groups is 1. The molecular weight excluding hydrogens is 657 g/mol. The van der Waals surface area contributed by atoms with E-state index in [0.717, 1.165) is 72.6 Å². The fourth-order valence-corrected chi connectivity index (χ4v) is 7.59. The first-order chi connectivity index (χ1) is 25.3. The summed E-state index contributed by atoms with van der Waals surface area (Å²) in [7, 11) is 0. The first-order valence-electron chi connectivity index (χ1n) is 19.3. The van der Waals surface area contributed by atoms with Crippen molar-refractivity contribution in [3.05, 3.63) is 83.9 Å². The monoisotopic (exact) mass is 716 g/mol. The van der Waals surface area contributed by atoms with Gasteiger partial charge in [-0.2, -0.15) is 10.5 Å². The van der Waals surface area contributed by atoms with Crippen LogP contribution in [0.4, 0.5) is 0 Å². The molecule has 0 bridgehead atoms. The van der Waals surface area contributed by atoms with Crippen molar-refractivity contribution in [1.82, 2.24) is 5.32 Å². The molecule has 4 aromatic carbocycles. The van der Waals surface area contributed by atoms with Crippen LogP contribution >= 0.6 is 0 Å². The third-order valence-corrected chi connectivity index (χ3v) is 10.9. The Balaban J connectivity index is 0.000000216. The number of nitrogens with zero attached hydrogens (tertiary/aromatic N) is 2. The minimum atomic E-state index is 0.125. The standard InChI is InChI=1S/C23H30N2O.C21H26O2.C2H4N2/c1-23(2,3)20-7-10-21(11-8-20)26-22-9-6-18-14-17(16-25-13-12-24)4-5-19(18)15-22;1-21(2,3)18-7-10-19(11-8-18)23-20-9-6-16-12-15(14-22)4-5-17(16)13-20;3-1-2-4/h4-6,9,14-15,20-21,25H,7-8,10-11,13,16H2,1-3H3;4-6,9,12-14,18-19H,7-8,10-11H2,1-3H3;1,3H2. The van der Waals surface area contributed by atoms with E-state index in [1.165, 1.54) is 42.0 Å². The molecule has 7 heteroatoms. The third kappa shape index (κ3) is 12.9. The Morgan fingerprint density at radius 2 is 1.09 bits per heavy atom. The summed E-state index contributed by atoms with van der Waals surface area (Å²) in [6, 6.07) is 28.5. The van der Waals surface area contributed by atoms with E-state index in [9.17, 15) is 4.79 Å². The lowest BCUT2D eigenvalue weighted by atomic mass is 9.72. The second kappa shape index (κ2) is 19.6. The van der Waals surface area contributed by atoms with Crippen LogP contribution in [0.25, 0.3) is 21.5 Å². The zero-order valence-corrected chi connectivity index (χ0v) is 32.8. The van der Waals surface area contributed by atoms with Crippen molar-refractivity contribution >= 4 is 27.8 Å². The predicted molar refractivity (Wildman–Crippen MR) is 217 cm³/mol. The Morgan fingerprint density at radius 1 is 0.660 bits per heavy atom. The number of benzene rings is 4. The molecule has 0 atom stereocenters. The first-order valence-corrected chi connectivity index (χ1v) is 19.3. The summed E-state index contributed by atoms with van der Waals surface area (Å²) >= 11 is 0. The van der Waals surface area contributed by atoms with Gasteiger partial charge in [-0.15, -0.1) is 0 Å². The molecule has 282 valence electrons. The quantitative estimate of drug-likeness (QED) is 0.106. The highest BCUT2D eigenvalue weighted by molar-refractivity contribution is 5.89. The summed E-state index contributed by atoms with van der Waals surface area (Å²) in [6.07, 6.45) is 11.2. The number of carbonyl (C=O) groups excluding carboxylic acids is 1. The average molecular weight is 717 g/mol. The highest BCUT2D eigenvalue weighted by Crippen LogP contribution is 2.40. The minimum Gasteiger partial charge on any atom is -0.490 e. The van der Waals surface area contributed by atoms with Crippen molar-refractivity contribution in [2.24, 2.45) is 28.4 Å². The van der Waals surface area contributed by atoms with Gasteiger partial charge < -0.3 is 20.5 Å². The van der Waals surface area contributed by atoms with E-state index < -0.39 is 0 Å². The first kappa shape index (κ1) is 41.3. The Labute approximate surface area is 317 Å². The maximum Gasteiger partial charge on any atom is 0.150 e. The van der Waals surface area contributed by atoms with Crippen molar-refractivity contribution in [2.45, 2.75) is 112 Å². The van der Waals surface area contributed by atoms with Gasteiger partial charge in [-0.05, 0) is 138 Å². The van der Waals surface area contributed by atoms with Crippen LogP contribution in [0.15, 0.2) is 72.8 Å². The summed E-state index contributed by atoms with van der Waals surface area (Å²) in [5, 5.41) is 23.8. The van der Waals surface area contributed by atoms with Crippen molar-refractivity contribution in [3.63, 3.8) is 0 Å². The van der Waals surface area contributed by atoms with Gasteiger partial charge in [0.05, 0.1) is 37.4 Å². The van der Waals surface area contributed by atoms with Crippen molar-refractivity contribution in [1.29, 1.82) is 10.5 Å². The lowest BCUT2D eigenvalue weighted by Crippen LogP contribution is -2.30. The van der Waals surface area contributed by atoms with Gasteiger partial charge in [-0.25, -0.2) is 0 Å². The fourth-order valence-electron chi connectivity index (χ4n) is 7.59. The summed E-state index contributed by atoms with van der Waals surface area (Å²) < 4.78 is 12.5. The number of hydrogen-bond acceptors (Lipinski definition) is 7. The molecule has 0 aliphatic heterocycles. The van der Waals surface area contributed by atoms with E-state index in [1.54, 1.807) is 6.07 Å². The van der Waals surface area contributed by atoms with E-state index in [4.69, 9.17) is 20.0 Å². The second-order valence-corrected chi connectivity index (χ2v) is 16.8. The molecule has 0 saturated heterocycles. The van der Waals surface area contributed by atoms with Gasteiger partial charge in [0.25, 0.3) is 0 Å². The van der Waals surface area contributed by atoms with Crippen LogP contribution < -0.4 is 20.5 Å². The van der Waals surface area contributed by atoms with Crippen LogP contribution in [0.2, 0.25) is 0 Å². The van der Waals surface area contributed by atoms with E-state index in [-0.39, 0.29) is 6.54 Å². The van der Waals surface area contributed by atoms with Gasteiger partial charge >= 0.3 is 0 Å². The fraction of sp³-hybridized carbons (Fsp3) is 0.500. The average Bonchev–Trinajstić information content (AvgIpc) is 3.15. The smallest absolute Gasteiger partial charge is 0.150 e. The topological polar surface area (TPSA) is 121 Å². The van der Waals surface area contributed by atoms with E-state index in [0.29, 0.717) is 35.1 Å². The van der Waals surface area contributed by atoms with E-state index in [1.807, 2.05) is 30.3 Å². The SMILES string of the molecule is CC(C)(C)C1CCC(Oc2ccc3cc(C=O)ccc3c2)CC1.CC(C)(C)C1CCC(Oc2ccc3cc(CNCC#N)ccc3c2)CC1.N#CCN. The summed E-state index contributed by atoms with van der Waals surface area (Å²) in [4.78, 5) is 10.9. The molecule has 4 aromatic rings. The largest absolute Gasteiger partial charge is 0.490 e. The van der Waals surface area contributed by atoms with Gasteiger partial charge in [0.15, 0.2) is 0 Å². The van der Waals surface area contributed by atoms with E-state index in [2.05, 4.69) is 101 Å². The van der Waals surface area contributed by atoms with Gasteiger partial charge in [-0.3, -0.25) is 4.79 Å². The zero-order valence-electron chi connectivity index (χ0n) is 32.8. The number of aldehydes is 1. The molecule has 0 aromatic heterocycles. The number of nitriles is 2. The Hall–Kier alpha value is -4.43. The highest BCUT2D eigenvalue weighted by atomic mass is 16.5. The normalized spacial score (nSPS) is 20.1. The maximum atomic E-state index is 10.9. The molecule has 0 radical (unpaired) electrons. The third-order valence-electron chi connectivity index (χ3n) is 10.9. The summed E-state index contributed by atoms with van der Waals surface area (Å²) in [6.45, 7) is 15.3. The molecular formula is C46H60N4O3. The molecule has 0 amide bonds. The molecule has 6 rings (SSSR count). The minimum absolute atomic E-state index is 0.125. The number of ether oxygens (including phenoxy) is 2. The number of nitrogens with one attached hydrogen (secondary N) is 1. The number of hydrogen-bond donors (Lipinski definition) is 2. The van der Waals surface area contributed by atoms with Crippen molar-refractivity contribution in [3.8, 4) is 23.6 Å². The maximum absolute atomic E-state index is 10.9. The van der Waals surface area contributed by atoms with E-state index >= 15 is 0 Å². The van der Waals surface area contributed by atoms with Gasteiger partial charge in [0.2, 0.25) is 0 Å². The molecule has 3 N–H and O–H groups in total. The molecule has 2 saturated carbocycles. The van der Waals surface area contributed by atoms with Crippen LogP contribution in [0.1, 0.15) is 109 Å². The second-order valence-electron chi connectivity index (χ2n) is 16.8. The molecule has 0 unspecified atom stereocenters. The van der Waals surface area contributed by atoms with Crippen LogP contribution in [-0.4, -0.2) is 31.6 Å². The Kier molecular flexibility index (Phi) is 15.3. The van der Waals surface area contributed by atoms with Crippen molar-refractivity contribution in [2.75, 3.05) is 13.1 Å². The summed E-state index contributed by atoms with van der Waals surface area (Å²) in [5.41, 5.74) is 7.39. The Bertz CT molecular complexity index is 1840. The molecule has 2 fully saturated rings. The lowest BCUT2D eigenvalue weighted by Gasteiger charge is -2.37. The molecule has 2 aliphatic carbocycles. The Morgan fingerprint density at radius 3 is 1.53 bits per heavy atom. The molecule has 7 nitrogen and oxygen atoms in total. The highest BCUT2D eigenvalue weighted by Gasteiger charge is 2.31. The molecule has 0 heterocycles. The number of rotatable bonds is 8. The lowest BCUT2D eigenvalue weighted by molar-refractivity contribution is 0.0881. The molecule has 0 spiro atoms. The van der Waals surface area contributed by atoms with Crippen LogP contribution in [0, 0.1) is 45.3 Å². The predicted octanol–water partition coefficient (Wildman–Crippen LogP) is 10.5. The van der Waals surface area contributed by atoms with Crippen LogP contribution in [0.5, 0.6) is 11.5 Å². The van der Waals surface area contributed by atoms with Gasteiger partial charge in [0, 0.05) is 12.1 Å². The number of nitrogens with two attached hydrogens (primary N) is 1. The number of fused-ring (bicyclic) bond motifs is 2. The molecule has 2 aliphatic rings. The van der Waals surface area contributed by atoms with Crippen molar-refractivity contribution < 1.29 is 14.3 Å². The van der Waals surface area contributed by atoms with Gasteiger partial charge in [-0.1, -0.05) is 77.9 Å². The van der Waals surface area contributed by atoms with Gasteiger partial charge in [0.1, 0.15) is 17.8 Å².